The van der Waals surface area contributed by atoms with E-state index in [4.69, 9.17) is 16.3 Å². The van der Waals surface area contributed by atoms with Gasteiger partial charge in [-0.3, -0.25) is 4.79 Å². The van der Waals surface area contributed by atoms with Crippen LogP contribution in [0.2, 0.25) is 5.02 Å². The van der Waals surface area contributed by atoms with Crippen molar-refractivity contribution in [2.45, 2.75) is 13.8 Å². The summed E-state index contributed by atoms with van der Waals surface area (Å²) >= 11 is 5.86. The van der Waals surface area contributed by atoms with Crippen molar-refractivity contribution in [3.05, 3.63) is 64.2 Å². The minimum Gasteiger partial charge on any atom is -0.485 e. The van der Waals surface area contributed by atoms with E-state index >= 15 is 0 Å². The number of ether oxygens (including phenoxy) is 1. The Morgan fingerprint density at radius 2 is 1.74 bits per heavy atom. The second-order valence-corrected chi connectivity index (χ2v) is 4.88. The van der Waals surface area contributed by atoms with Gasteiger partial charge in [-0.15, -0.1) is 0 Å². The predicted molar refractivity (Wildman–Crippen MR) is 77.2 cm³/mol. The first-order valence-electron chi connectivity index (χ1n) is 6.05. The molecule has 0 radical (unpaired) electrons. The highest BCUT2D eigenvalue weighted by molar-refractivity contribution is 6.31. The highest BCUT2D eigenvalue weighted by atomic mass is 35.5. The van der Waals surface area contributed by atoms with Gasteiger partial charge in [0.2, 0.25) is 0 Å². The maximum Gasteiger partial charge on any atom is 0.200 e. The summed E-state index contributed by atoms with van der Waals surface area (Å²) in [5.41, 5.74) is 2.62. The monoisotopic (exact) mass is 274 g/mol. The Hall–Kier alpha value is -1.80. The second kappa shape index (κ2) is 5.89. The normalized spacial score (nSPS) is 10.3. The molecule has 0 atom stereocenters. The predicted octanol–water partition coefficient (Wildman–Crippen LogP) is 4.22. The summed E-state index contributed by atoms with van der Waals surface area (Å²) in [5.74, 6) is 0.697. The van der Waals surface area contributed by atoms with Crippen molar-refractivity contribution in [2.24, 2.45) is 0 Å². The van der Waals surface area contributed by atoms with Crippen LogP contribution in [0.25, 0.3) is 0 Å². The van der Waals surface area contributed by atoms with Gasteiger partial charge in [-0.2, -0.15) is 0 Å². The van der Waals surface area contributed by atoms with E-state index < -0.39 is 0 Å². The molecular formula is C16H15ClO2. The molecule has 0 aliphatic heterocycles. The molecule has 2 rings (SSSR count). The Morgan fingerprint density at radius 1 is 1.11 bits per heavy atom. The van der Waals surface area contributed by atoms with Crippen LogP contribution in [-0.4, -0.2) is 12.4 Å². The molecule has 0 saturated carbocycles. The van der Waals surface area contributed by atoms with Crippen LogP contribution in [0, 0.1) is 13.8 Å². The van der Waals surface area contributed by atoms with Gasteiger partial charge in [0.15, 0.2) is 12.4 Å². The Morgan fingerprint density at radius 3 is 2.37 bits per heavy atom. The molecular weight excluding hydrogens is 260 g/mol. The van der Waals surface area contributed by atoms with E-state index in [0.717, 1.165) is 16.9 Å². The summed E-state index contributed by atoms with van der Waals surface area (Å²) in [7, 11) is 0. The van der Waals surface area contributed by atoms with Crippen molar-refractivity contribution in [3.63, 3.8) is 0 Å². The Kier molecular flexibility index (Phi) is 4.23. The van der Waals surface area contributed by atoms with E-state index in [0.29, 0.717) is 10.6 Å². The first kappa shape index (κ1) is 13.6. The quantitative estimate of drug-likeness (QED) is 0.781. The van der Waals surface area contributed by atoms with E-state index in [1.807, 2.05) is 32.0 Å². The maximum atomic E-state index is 12.0. The maximum absolute atomic E-state index is 12.0. The molecule has 19 heavy (non-hydrogen) atoms. The van der Waals surface area contributed by atoms with Crippen LogP contribution in [0.1, 0.15) is 21.5 Å². The van der Waals surface area contributed by atoms with E-state index in [2.05, 4.69) is 0 Å². The topological polar surface area (TPSA) is 26.3 Å². The number of carbonyl (C=O) groups excluding carboxylic acids is 1. The van der Waals surface area contributed by atoms with Crippen molar-refractivity contribution in [1.82, 2.24) is 0 Å². The van der Waals surface area contributed by atoms with Crippen molar-refractivity contribution in [3.8, 4) is 5.75 Å². The third-order valence-corrected chi connectivity index (χ3v) is 3.14. The highest BCUT2D eigenvalue weighted by Crippen LogP contribution is 2.22. The lowest BCUT2D eigenvalue weighted by Crippen LogP contribution is -2.12. The molecule has 0 heterocycles. The number of halogens is 1. The van der Waals surface area contributed by atoms with Crippen molar-refractivity contribution in [1.29, 1.82) is 0 Å². The average Bonchev–Trinajstić information content (AvgIpc) is 2.38. The fraction of sp³-hybridized carbons (Fsp3) is 0.188. The van der Waals surface area contributed by atoms with Crippen LogP contribution in [0.5, 0.6) is 5.75 Å². The molecule has 0 aliphatic carbocycles. The fourth-order valence-corrected chi connectivity index (χ4v) is 2.10. The van der Waals surface area contributed by atoms with Crippen LogP contribution in [-0.2, 0) is 0 Å². The standard InChI is InChI=1S/C16H15ClO2/c1-11-5-3-6-12(2)16(11)19-10-15(18)13-7-4-8-14(17)9-13/h3-9H,10H2,1-2H3. The summed E-state index contributed by atoms with van der Waals surface area (Å²) in [4.78, 5) is 12.0. The lowest BCUT2D eigenvalue weighted by molar-refractivity contribution is 0.0920. The molecule has 2 nitrogen and oxygen atoms in total. The van der Waals surface area contributed by atoms with Crippen LogP contribution in [0.3, 0.4) is 0 Å². The molecule has 2 aromatic rings. The molecule has 0 fully saturated rings. The molecule has 0 saturated heterocycles. The van der Waals surface area contributed by atoms with Gasteiger partial charge in [0.1, 0.15) is 5.75 Å². The summed E-state index contributed by atoms with van der Waals surface area (Å²) < 4.78 is 5.63. The Bertz CT molecular complexity index is 585. The molecule has 98 valence electrons. The van der Waals surface area contributed by atoms with Crippen molar-refractivity contribution >= 4 is 17.4 Å². The zero-order valence-corrected chi connectivity index (χ0v) is 11.7. The number of hydrogen-bond donors (Lipinski definition) is 0. The molecule has 3 heteroatoms. The number of carbonyl (C=O) groups is 1. The number of rotatable bonds is 4. The molecule has 0 aromatic heterocycles. The summed E-state index contributed by atoms with van der Waals surface area (Å²) in [5, 5.41) is 0.554. The number of aryl methyl sites for hydroxylation is 2. The summed E-state index contributed by atoms with van der Waals surface area (Å²) in [6.07, 6.45) is 0. The van der Waals surface area contributed by atoms with Gasteiger partial charge in [0.05, 0.1) is 0 Å². The third kappa shape index (κ3) is 3.36. The minimum atomic E-state index is -0.0786. The number of benzene rings is 2. The first-order valence-corrected chi connectivity index (χ1v) is 6.43. The zero-order valence-electron chi connectivity index (χ0n) is 10.9. The molecule has 2 aromatic carbocycles. The van der Waals surface area contributed by atoms with Crippen molar-refractivity contribution in [2.75, 3.05) is 6.61 Å². The van der Waals surface area contributed by atoms with Gasteiger partial charge in [-0.25, -0.2) is 0 Å². The van der Waals surface area contributed by atoms with Gasteiger partial charge >= 0.3 is 0 Å². The van der Waals surface area contributed by atoms with Gasteiger partial charge in [-0.05, 0) is 37.1 Å². The third-order valence-electron chi connectivity index (χ3n) is 2.90. The molecule has 0 N–H and O–H groups in total. The summed E-state index contributed by atoms with van der Waals surface area (Å²) in [6.45, 7) is 3.95. The number of ketones is 1. The molecule has 0 spiro atoms. The number of para-hydroxylation sites is 1. The second-order valence-electron chi connectivity index (χ2n) is 4.44. The lowest BCUT2D eigenvalue weighted by atomic mass is 10.1. The van der Waals surface area contributed by atoms with Gasteiger partial charge in [-0.1, -0.05) is 41.9 Å². The van der Waals surface area contributed by atoms with Crippen LogP contribution >= 0.6 is 11.6 Å². The van der Waals surface area contributed by atoms with E-state index in [-0.39, 0.29) is 12.4 Å². The molecule has 0 amide bonds. The SMILES string of the molecule is Cc1cccc(C)c1OCC(=O)c1cccc(Cl)c1. The largest absolute Gasteiger partial charge is 0.485 e. The number of Topliss-reactive ketones (excluding diaryl/α,β-unsaturated/α-hetero) is 1. The van der Waals surface area contributed by atoms with E-state index in [9.17, 15) is 4.79 Å². The van der Waals surface area contributed by atoms with Crippen molar-refractivity contribution < 1.29 is 9.53 Å². The Labute approximate surface area is 118 Å². The minimum absolute atomic E-state index is 0.0199. The van der Waals surface area contributed by atoms with E-state index in [1.165, 1.54) is 0 Å². The van der Waals surface area contributed by atoms with E-state index in [1.54, 1.807) is 24.3 Å². The zero-order chi connectivity index (χ0) is 13.8. The first-order chi connectivity index (χ1) is 9.08. The average molecular weight is 275 g/mol. The van der Waals surface area contributed by atoms with Gasteiger partial charge in [0, 0.05) is 10.6 Å². The molecule has 0 aliphatic rings. The smallest absolute Gasteiger partial charge is 0.200 e. The number of hydrogen-bond acceptors (Lipinski definition) is 2. The summed E-state index contributed by atoms with van der Waals surface area (Å²) in [6, 6.07) is 12.8. The van der Waals surface area contributed by atoms with Gasteiger partial charge in [0.25, 0.3) is 0 Å². The molecule has 0 unspecified atom stereocenters. The highest BCUT2D eigenvalue weighted by Gasteiger charge is 2.09. The Balaban J connectivity index is 2.09. The van der Waals surface area contributed by atoms with Crippen LogP contribution in [0.4, 0.5) is 0 Å². The fourth-order valence-electron chi connectivity index (χ4n) is 1.91. The molecule has 0 bridgehead atoms. The lowest BCUT2D eigenvalue weighted by Gasteiger charge is -2.11. The van der Waals surface area contributed by atoms with Crippen LogP contribution < -0.4 is 4.74 Å². The van der Waals surface area contributed by atoms with Crippen LogP contribution in [0.15, 0.2) is 42.5 Å². The van der Waals surface area contributed by atoms with Gasteiger partial charge < -0.3 is 4.74 Å².